The van der Waals surface area contributed by atoms with E-state index in [0.29, 0.717) is 26.3 Å². The van der Waals surface area contributed by atoms with Gasteiger partial charge >= 0.3 is 0 Å². The fourth-order valence-corrected chi connectivity index (χ4v) is 3.88. The molecule has 0 bridgehead atoms. The summed E-state index contributed by atoms with van der Waals surface area (Å²) in [5.41, 5.74) is 2.45. The molecule has 0 aromatic heterocycles. The highest BCUT2D eigenvalue weighted by molar-refractivity contribution is 5.78. The lowest BCUT2D eigenvalue weighted by Gasteiger charge is -2.35. The average molecular weight is 396 g/mol. The first-order valence-electron chi connectivity index (χ1n) is 10.3. The highest BCUT2D eigenvalue weighted by Crippen LogP contribution is 2.31. The third-order valence-electron chi connectivity index (χ3n) is 5.44. The lowest BCUT2D eigenvalue weighted by molar-refractivity contribution is -0.134. The summed E-state index contributed by atoms with van der Waals surface area (Å²) in [6, 6.07) is 16.5. The van der Waals surface area contributed by atoms with Crippen molar-refractivity contribution in [1.29, 1.82) is 0 Å². The minimum Gasteiger partial charge on any atom is -0.486 e. The Morgan fingerprint density at radius 3 is 2.41 bits per heavy atom. The number of carbonyl (C=O) groups is 1. The van der Waals surface area contributed by atoms with E-state index < -0.39 is 0 Å². The number of fused-ring (bicyclic) bond motifs is 1. The fraction of sp³-hybridized carbons (Fsp3) is 0.435. The second-order valence-electron chi connectivity index (χ2n) is 7.79. The molecule has 0 radical (unpaired) electrons. The van der Waals surface area contributed by atoms with Gasteiger partial charge in [0.15, 0.2) is 11.5 Å². The molecule has 29 heavy (non-hydrogen) atoms. The number of hydrogen-bond donors (Lipinski definition) is 0. The molecule has 1 amide bonds. The van der Waals surface area contributed by atoms with Crippen molar-refractivity contribution in [3.05, 3.63) is 59.7 Å². The Bertz CT molecular complexity index is 819. The number of benzene rings is 2. The van der Waals surface area contributed by atoms with E-state index >= 15 is 0 Å². The number of piperazine rings is 1. The van der Waals surface area contributed by atoms with E-state index in [0.717, 1.165) is 49.8 Å². The van der Waals surface area contributed by atoms with Gasteiger partial charge in [-0.1, -0.05) is 36.4 Å². The molecule has 154 valence electrons. The van der Waals surface area contributed by atoms with Crippen LogP contribution in [0.1, 0.15) is 11.1 Å². The Hall–Kier alpha value is -2.57. The zero-order valence-corrected chi connectivity index (χ0v) is 17.0. The number of ether oxygens (including phenoxy) is 2. The van der Waals surface area contributed by atoms with Crippen LogP contribution < -0.4 is 9.47 Å². The molecule has 0 aliphatic carbocycles. The SMILES string of the molecule is CN(CC(=O)N1CCN(Cc2ccccc2)CC1)Cc1ccc2c(c1)OCCO2. The summed E-state index contributed by atoms with van der Waals surface area (Å²) in [7, 11) is 1.99. The maximum atomic E-state index is 12.7. The van der Waals surface area contributed by atoms with Crippen molar-refractivity contribution >= 4 is 5.91 Å². The molecule has 4 rings (SSSR count). The predicted molar refractivity (Wildman–Crippen MR) is 112 cm³/mol. The van der Waals surface area contributed by atoms with Gasteiger partial charge in [-0.25, -0.2) is 0 Å². The third-order valence-corrected chi connectivity index (χ3v) is 5.44. The Morgan fingerprint density at radius 2 is 1.66 bits per heavy atom. The molecule has 6 nitrogen and oxygen atoms in total. The number of amides is 1. The maximum Gasteiger partial charge on any atom is 0.236 e. The Kier molecular flexibility index (Phi) is 6.32. The molecule has 0 atom stereocenters. The van der Waals surface area contributed by atoms with Gasteiger partial charge in [-0.2, -0.15) is 0 Å². The van der Waals surface area contributed by atoms with Gasteiger partial charge in [0.05, 0.1) is 6.54 Å². The standard InChI is InChI=1S/C23H29N3O3/c1-24(16-20-7-8-21-22(15-20)29-14-13-28-21)18-23(27)26-11-9-25(10-12-26)17-19-5-3-2-4-6-19/h2-8,15H,9-14,16-18H2,1H3. The highest BCUT2D eigenvalue weighted by atomic mass is 16.6. The number of likely N-dealkylation sites (N-methyl/N-ethyl adjacent to an activating group) is 1. The van der Waals surface area contributed by atoms with Gasteiger partial charge in [0, 0.05) is 39.3 Å². The molecule has 0 saturated carbocycles. The van der Waals surface area contributed by atoms with E-state index in [1.807, 2.05) is 36.2 Å². The monoisotopic (exact) mass is 395 g/mol. The van der Waals surface area contributed by atoms with E-state index in [2.05, 4.69) is 34.1 Å². The van der Waals surface area contributed by atoms with Gasteiger partial charge < -0.3 is 14.4 Å². The smallest absolute Gasteiger partial charge is 0.236 e. The average Bonchev–Trinajstić information content (AvgIpc) is 2.75. The van der Waals surface area contributed by atoms with Crippen LogP contribution in [0.5, 0.6) is 11.5 Å². The minimum absolute atomic E-state index is 0.199. The molecule has 1 fully saturated rings. The van der Waals surface area contributed by atoms with Crippen molar-refractivity contribution in [1.82, 2.24) is 14.7 Å². The topological polar surface area (TPSA) is 45.3 Å². The molecular weight excluding hydrogens is 366 g/mol. The molecule has 6 heteroatoms. The van der Waals surface area contributed by atoms with Crippen molar-refractivity contribution < 1.29 is 14.3 Å². The van der Waals surface area contributed by atoms with Crippen LogP contribution in [0.3, 0.4) is 0 Å². The maximum absolute atomic E-state index is 12.7. The second-order valence-corrected chi connectivity index (χ2v) is 7.79. The van der Waals surface area contributed by atoms with Crippen molar-refractivity contribution in [2.45, 2.75) is 13.1 Å². The lowest BCUT2D eigenvalue weighted by atomic mass is 10.2. The summed E-state index contributed by atoms with van der Waals surface area (Å²) in [4.78, 5) is 19.2. The molecule has 2 aliphatic rings. The third kappa shape index (κ3) is 5.28. The summed E-state index contributed by atoms with van der Waals surface area (Å²) in [5, 5.41) is 0. The summed E-state index contributed by atoms with van der Waals surface area (Å²) in [5.74, 6) is 1.79. The zero-order chi connectivity index (χ0) is 20.1. The number of rotatable bonds is 6. The first-order chi connectivity index (χ1) is 14.2. The number of nitrogens with zero attached hydrogens (tertiary/aromatic N) is 3. The van der Waals surface area contributed by atoms with E-state index in [4.69, 9.17) is 9.47 Å². The number of carbonyl (C=O) groups excluding carboxylic acids is 1. The quantitative estimate of drug-likeness (QED) is 0.751. The lowest BCUT2D eigenvalue weighted by Crippen LogP contribution is -2.50. The first-order valence-corrected chi connectivity index (χ1v) is 10.3. The van der Waals surface area contributed by atoms with Gasteiger partial charge in [-0.05, 0) is 30.3 Å². The van der Waals surface area contributed by atoms with Gasteiger partial charge in [0.1, 0.15) is 13.2 Å². The van der Waals surface area contributed by atoms with Crippen LogP contribution in [0.15, 0.2) is 48.5 Å². The van der Waals surface area contributed by atoms with E-state index in [9.17, 15) is 4.79 Å². The van der Waals surface area contributed by atoms with Crippen LogP contribution in [-0.2, 0) is 17.9 Å². The molecule has 2 aliphatic heterocycles. The Labute approximate surface area is 172 Å². The number of hydrogen-bond acceptors (Lipinski definition) is 5. The van der Waals surface area contributed by atoms with Gasteiger partial charge in [-0.3, -0.25) is 14.6 Å². The fourth-order valence-electron chi connectivity index (χ4n) is 3.88. The molecule has 2 aromatic carbocycles. The minimum atomic E-state index is 0.199. The molecule has 1 saturated heterocycles. The van der Waals surface area contributed by atoms with Crippen LogP contribution in [-0.4, -0.2) is 73.6 Å². The van der Waals surface area contributed by atoms with Gasteiger partial charge in [-0.15, -0.1) is 0 Å². The molecule has 0 N–H and O–H groups in total. The molecule has 0 spiro atoms. The van der Waals surface area contributed by atoms with Crippen molar-refractivity contribution in [3.63, 3.8) is 0 Å². The van der Waals surface area contributed by atoms with Crippen molar-refractivity contribution in [2.24, 2.45) is 0 Å². The molecule has 2 heterocycles. The van der Waals surface area contributed by atoms with Crippen LogP contribution in [0.2, 0.25) is 0 Å². The van der Waals surface area contributed by atoms with Crippen molar-refractivity contribution in [2.75, 3.05) is 53.0 Å². The van der Waals surface area contributed by atoms with E-state index in [1.54, 1.807) is 0 Å². The van der Waals surface area contributed by atoms with Crippen molar-refractivity contribution in [3.8, 4) is 11.5 Å². The largest absolute Gasteiger partial charge is 0.486 e. The van der Waals surface area contributed by atoms with Gasteiger partial charge in [0.25, 0.3) is 0 Å². The summed E-state index contributed by atoms with van der Waals surface area (Å²) in [6.45, 7) is 6.70. The normalized spacial score (nSPS) is 16.8. The summed E-state index contributed by atoms with van der Waals surface area (Å²) < 4.78 is 11.2. The summed E-state index contributed by atoms with van der Waals surface area (Å²) >= 11 is 0. The van der Waals surface area contributed by atoms with Crippen LogP contribution in [0.4, 0.5) is 0 Å². The molecule has 2 aromatic rings. The highest BCUT2D eigenvalue weighted by Gasteiger charge is 2.22. The van der Waals surface area contributed by atoms with Crippen LogP contribution in [0, 0.1) is 0 Å². The second kappa shape index (κ2) is 9.29. The zero-order valence-electron chi connectivity index (χ0n) is 17.0. The van der Waals surface area contributed by atoms with E-state index in [1.165, 1.54) is 5.56 Å². The first kappa shape index (κ1) is 19.7. The summed E-state index contributed by atoms with van der Waals surface area (Å²) in [6.07, 6.45) is 0. The Morgan fingerprint density at radius 1 is 0.931 bits per heavy atom. The van der Waals surface area contributed by atoms with Crippen LogP contribution in [0.25, 0.3) is 0 Å². The van der Waals surface area contributed by atoms with Crippen LogP contribution >= 0.6 is 0 Å². The van der Waals surface area contributed by atoms with Gasteiger partial charge in [0.2, 0.25) is 5.91 Å². The van der Waals surface area contributed by atoms with E-state index in [-0.39, 0.29) is 5.91 Å². The molecule has 0 unspecified atom stereocenters. The molecular formula is C23H29N3O3. The predicted octanol–water partition coefficient (Wildman–Crippen LogP) is 2.23. The Balaban J connectivity index is 1.23.